The minimum atomic E-state index is -1.79. The molecule has 2 rings (SSSR count). The van der Waals surface area contributed by atoms with Crippen LogP contribution in [0, 0.1) is 0 Å². The number of rotatable bonds is 43. The van der Waals surface area contributed by atoms with Crippen LogP contribution in [-0.4, -0.2) is 140 Å². The zero-order valence-electron chi connectivity index (χ0n) is 43.1. The second-order valence-corrected chi connectivity index (χ2v) is 19.7. The highest BCUT2D eigenvalue weighted by molar-refractivity contribution is 5.76. The van der Waals surface area contributed by atoms with Gasteiger partial charge >= 0.3 is 0 Å². The lowest BCUT2D eigenvalue weighted by Gasteiger charge is -2.46. The molecule has 69 heavy (non-hydrogen) atoms. The lowest BCUT2D eigenvalue weighted by atomic mass is 9.97. The molecule has 14 heteroatoms. The largest absolute Gasteiger partial charge is 0.394 e. The number of allylic oxidation sites excluding steroid dienone is 5. The first-order valence-corrected chi connectivity index (χ1v) is 27.7. The second-order valence-electron chi connectivity index (χ2n) is 19.7. The Balaban J connectivity index is 1.84. The van der Waals surface area contributed by atoms with Crippen molar-refractivity contribution in [1.29, 1.82) is 0 Å². The molecule has 14 nitrogen and oxygen atoms in total. The van der Waals surface area contributed by atoms with Gasteiger partial charge in [0.1, 0.15) is 48.8 Å². The predicted octanol–water partition coefficient (Wildman–Crippen LogP) is 8.27. The van der Waals surface area contributed by atoms with Crippen molar-refractivity contribution in [3.8, 4) is 0 Å². The van der Waals surface area contributed by atoms with Crippen LogP contribution in [-0.2, 0) is 23.7 Å². The molecule has 0 aromatic rings. The molecular formula is C55H101NO13. The smallest absolute Gasteiger partial charge is 0.220 e. The highest BCUT2D eigenvalue weighted by atomic mass is 16.7. The molecule has 0 spiro atoms. The molecule has 1 amide bonds. The summed E-state index contributed by atoms with van der Waals surface area (Å²) < 4.78 is 22.7. The van der Waals surface area contributed by atoms with Crippen LogP contribution in [0.15, 0.2) is 36.5 Å². The van der Waals surface area contributed by atoms with Crippen molar-refractivity contribution in [3.63, 3.8) is 0 Å². The first-order chi connectivity index (χ1) is 33.6. The molecular weight excluding hydrogens is 883 g/mol. The van der Waals surface area contributed by atoms with E-state index in [1.165, 1.54) is 135 Å². The maximum atomic E-state index is 13.2. The van der Waals surface area contributed by atoms with E-state index in [-0.39, 0.29) is 18.9 Å². The fourth-order valence-corrected chi connectivity index (χ4v) is 9.03. The van der Waals surface area contributed by atoms with E-state index in [4.69, 9.17) is 18.9 Å². The van der Waals surface area contributed by atoms with Gasteiger partial charge in [-0.25, -0.2) is 0 Å². The number of aliphatic hydroxyl groups excluding tert-OH is 8. The summed E-state index contributed by atoms with van der Waals surface area (Å²) in [6.45, 7) is 2.77. The Morgan fingerprint density at radius 2 is 0.928 bits per heavy atom. The van der Waals surface area contributed by atoms with E-state index in [0.717, 1.165) is 44.9 Å². The highest BCUT2D eigenvalue weighted by Gasteiger charge is 2.51. The fourth-order valence-electron chi connectivity index (χ4n) is 9.03. The first kappa shape index (κ1) is 63.3. The van der Waals surface area contributed by atoms with Crippen LogP contribution in [0.3, 0.4) is 0 Å². The van der Waals surface area contributed by atoms with Gasteiger partial charge in [-0.15, -0.1) is 0 Å². The quantitative estimate of drug-likeness (QED) is 0.0207. The number of amides is 1. The van der Waals surface area contributed by atoms with Crippen LogP contribution in [0.1, 0.15) is 213 Å². The third kappa shape index (κ3) is 28.3. The van der Waals surface area contributed by atoms with Crippen molar-refractivity contribution in [2.24, 2.45) is 0 Å². The molecule has 2 saturated heterocycles. The second kappa shape index (κ2) is 41.7. The summed E-state index contributed by atoms with van der Waals surface area (Å²) >= 11 is 0. The SMILES string of the molecule is CCCCCCCCCC/C=C/CC/C=C/CC/C=C/C(O)C(COC1OC(CO)C(OC2OC(CO)C(O)C(O)C2O)C(O)C1O)NC(=O)CCCCCCCCCCCCCCCCCCC. The third-order valence-corrected chi connectivity index (χ3v) is 13.6. The maximum absolute atomic E-state index is 13.2. The lowest BCUT2D eigenvalue weighted by Crippen LogP contribution is -2.65. The van der Waals surface area contributed by atoms with Crippen molar-refractivity contribution in [2.75, 3.05) is 19.8 Å². The first-order valence-electron chi connectivity index (χ1n) is 27.7. The van der Waals surface area contributed by atoms with Crippen LogP contribution in [0.2, 0.25) is 0 Å². The van der Waals surface area contributed by atoms with E-state index in [1.807, 2.05) is 6.08 Å². The summed E-state index contributed by atoms with van der Waals surface area (Å²) in [4.78, 5) is 13.2. The summed E-state index contributed by atoms with van der Waals surface area (Å²) in [7, 11) is 0. The van der Waals surface area contributed by atoms with Crippen molar-refractivity contribution in [3.05, 3.63) is 36.5 Å². The van der Waals surface area contributed by atoms with Gasteiger partial charge < -0.3 is 65.1 Å². The van der Waals surface area contributed by atoms with Gasteiger partial charge in [0, 0.05) is 6.42 Å². The number of unbranched alkanes of at least 4 members (excludes halogenated alkanes) is 26. The Bertz CT molecular complexity index is 1300. The zero-order chi connectivity index (χ0) is 50.3. The van der Waals surface area contributed by atoms with Crippen molar-refractivity contribution in [1.82, 2.24) is 5.32 Å². The van der Waals surface area contributed by atoms with Crippen LogP contribution in [0.5, 0.6) is 0 Å². The normalized spacial score (nSPS) is 26.4. The van der Waals surface area contributed by atoms with Crippen LogP contribution in [0.25, 0.3) is 0 Å². The fraction of sp³-hybridized carbons (Fsp3) is 0.873. The van der Waals surface area contributed by atoms with E-state index in [0.29, 0.717) is 12.8 Å². The Kier molecular flexibility index (Phi) is 38.2. The zero-order valence-corrected chi connectivity index (χ0v) is 43.1. The Morgan fingerprint density at radius 1 is 0.507 bits per heavy atom. The minimum absolute atomic E-state index is 0.252. The lowest BCUT2D eigenvalue weighted by molar-refractivity contribution is -0.359. The standard InChI is InChI=1S/C55H101NO13/c1-3-5-7-9-11-13-15-17-19-21-23-24-26-28-30-32-34-36-38-44(59)43(56-47(60)39-37-35-33-31-29-27-25-22-20-18-16-14-12-10-8-6-4-2)42-66-54-52(65)50(63)53(46(41-58)68-54)69-55-51(64)49(62)48(61)45(40-57)67-55/h21,23,28,30,36,38,43-46,48-55,57-59,61-65H,3-20,22,24-27,29,31-35,37,39-42H2,1-2H3,(H,56,60)/b23-21+,30-28+,38-36+. The van der Waals surface area contributed by atoms with Gasteiger partial charge in [0.05, 0.1) is 32.0 Å². The van der Waals surface area contributed by atoms with Gasteiger partial charge in [-0.05, 0) is 44.9 Å². The summed E-state index contributed by atoms with van der Waals surface area (Å²) in [5, 5.41) is 86.9. The van der Waals surface area contributed by atoms with Crippen LogP contribution in [0.4, 0.5) is 0 Å². The molecule has 9 N–H and O–H groups in total. The summed E-state index contributed by atoms with van der Waals surface area (Å²) in [6, 6.07) is -0.934. The molecule has 2 heterocycles. The van der Waals surface area contributed by atoms with Gasteiger partial charge in [0.25, 0.3) is 0 Å². The minimum Gasteiger partial charge on any atom is -0.394 e. The number of hydrogen-bond donors (Lipinski definition) is 9. The molecule has 0 aliphatic carbocycles. The summed E-state index contributed by atoms with van der Waals surface area (Å²) in [6.07, 6.45) is 31.8. The third-order valence-electron chi connectivity index (χ3n) is 13.6. The molecule has 12 unspecified atom stereocenters. The van der Waals surface area contributed by atoms with Crippen LogP contribution >= 0.6 is 0 Å². The van der Waals surface area contributed by atoms with Gasteiger partial charge in [0.15, 0.2) is 12.6 Å². The van der Waals surface area contributed by atoms with Crippen molar-refractivity contribution < 1.29 is 64.6 Å². The van der Waals surface area contributed by atoms with Gasteiger partial charge in [0.2, 0.25) is 5.91 Å². The molecule has 404 valence electrons. The van der Waals surface area contributed by atoms with E-state index in [1.54, 1.807) is 6.08 Å². The molecule has 0 saturated carbocycles. The number of carbonyl (C=O) groups excluding carboxylic acids is 1. The van der Waals surface area contributed by atoms with Gasteiger partial charge in [-0.1, -0.05) is 198 Å². The van der Waals surface area contributed by atoms with Crippen molar-refractivity contribution >= 4 is 5.91 Å². The number of hydrogen-bond acceptors (Lipinski definition) is 13. The molecule has 0 aromatic carbocycles. The molecule has 12 atom stereocenters. The van der Waals surface area contributed by atoms with Gasteiger partial charge in [-0.2, -0.15) is 0 Å². The number of aliphatic hydroxyl groups is 8. The van der Waals surface area contributed by atoms with E-state index in [2.05, 4.69) is 43.5 Å². The number of nitrogens with one attached hydrogen (secondary N) is 1. The topological polar surface area (TPSA) is 228 Å². The molecule has 2 aliphatic rings. The Morgan fingerprint density at radius 3 is 1.42 bits per heavy atom. The summed E-state index contributed by atoms with van der Waals surface area (Å²) in [5.74, 6) is -0.252. The molecule has 0 bridgehead atoms. The van der Waals surface area contributed by atoms with E-state index in [9.17, 15) is 45.6 Å². The Labute approximate surface area is 417 Å². The van der Waals surface area contributed by atoms with Crippen LogP contribution < -0.4 is 5.32 Å². The average Bonchev–Trinajstić information content (AvgIpc) is 3.35. The molecule has 2 fully saturated rings. The monoisotopic (exact) mass is 984 g/mol. The predicted molar refractivity (Wildman–Crippen MR) is 272 cm³/mol. The summed E-state index contributed by atoms with van der Waals surface area (Å²) in [5.41, 5.74) is 0. The molecule has 0 aromatic heterocycles. The Hall–Kier alpha value is -1.79. The number of carbonyl (C=O) groups is 1. The maximum Gasteiger partial charge on any atom is 0.220 e. The molecule has 2 aliphatic heterocycles. The highest BCUT2D eigenvalue weighted by Crippen LogP contribution is 2.30. The average molecular weight is 984 g/mol. The number of ether oxygens (including phenoxy) is 4. The van der Waals surface area contributed by atoms with Crippen molar-refractivity contribution in [2.45, 2.75) is 286 Å². The van der Waals surface area contributed by atoms with Gasteiger partial charge in [-0.3, -0.25) is 4.79 Å². The van der Waals surface area contributed by atoms with E-state index >= 15 is 0 Å². The molecule has 0 radical (unpaired) electrons. The van der Waals surface area contributed by atoms with E-state index < -0.39 is 86.8 Å².